The van der Waals surface area contributed by atoms with Gasteiger partial charge in [-0.15, -0.1) is 0 Å². The van der Waals surface area contributed by atoms with Crippen molar-refractivity contribution in [3.8, 4) is 11.5 Å². The van der Waals surface area contributed by atoms with Gasteiger partial charge in [-0.3, -0.25) is 4.79 Å². The number of halogens is 2. The second-order valence-electron chi connectivity index (χ2n) is 6.80. The minimum absolute atomic E-state index is 0.232. The first-order valence-electron chi connectivity index (χ1n) is 9.50. The second-order valence-corrected chi connectivity index (χ2v) is 7.24. The molecule has 0 aliphatic rings. The maximum absolute atomic E-state index is 13.7. The number of methoxy groups -OCH3 is 2. The number of benzene rings is 3. The summed E-state index contributed by atoms with van der Waals surface area (Å²) in [5, 5.41) is 0.632. The average Bonchev–Trinajstić information content (AvgIpc) is 2.77. The van der Waals surface area contributed by atoms with E-state index in [1.54, 1.807) is 37.3 Å². The number of ether oxygens (including phenoxy) is 2. The van der Waals surface area contributed by atoms with Crippen LogP contribution in [0.2, 0.25) is 5.02 Å². The quantitative estimate of drug-likeness (QED) is 0.484. The highest BCUT2D eigenvalue weighted by Gasteiger charge is 2.17. The first kappa shape index (κ1) is 21.7. The van der Waals surface area contributed by atoms with Crippen LogP contribution in [0.3, 0.4) is 0 Å². The third-order valence-corrected chi connectivity index (χ3v) is 5.02. The Morgan fingerprint density at radius 3 is 2.30 bits per heavy atom. The number of rotatable bonds is 8. The van der Waals surface area contributed by atoms with Crippen LogP contribution < -0.4 is 9.47 Å². The molecule has 6 heteroatoms. The van der Waals surface area contributed by atoms with E-state index in [-0.39, 0.29) is 5.91 Å². The Bertz CT molecular complexity index is 1010. The lowest BCUT2D eigenvalue weighted by Gasteiger charge is -2.23. The van der Waals surface area contributed by atoms with Crippen molar-refractivity contribution in [1.29, 1.82) is 0 Å². The lowest BCUT2D eigenvalue weighted by molar-refractivity contribution is 0.0744. The predicted octanol–water partition coefficient (Wildman–Crippen LogP) is 5.38. The number of carbonyl (C=O) groups excluding carboxylic acids is 1. The molecule has 4 nitrogen and oxygen atoms in total. The van der Waals surface area contributed by atoms with Gasteiger partial charge in [0.05, 0.1) is 14.2 Å². The molecule has 0 radical (unpaired) electrons. The Morgan fingerprint density at radius 1 is 0.933 bits per heavy atom. The first-order valence-corrected chi connectivity index (χ1v) is 9.88. The fourth-order valence-electron chi connectivity index (χ4n) is 3.17. The number of carbonyl (C=O) groups is 1. The zero-order chi connectivity index (χ0) is 21.5. The van der Waals surface area contributed by atoms with Gasteiger partial charge >= 0.3 is 0 Å². The molecule has 0 spiro atoms. The molecular weight excluding hydrogens is 405 g/mol. The molecule has 0 atom stereocenters. The van der Waals surface area contributed by atoms with E-state index in [0.717, 1.165) is 11.1 Å². The van der Waals surface area contributed by atoms with Gasteiger partial charge < -0.3 is 14.4 Å². The average molecular weight is 428 g/mol. The molecule has 0 bridgehead atoms. The second kappa shape index (κ2) is 10.1. The molecule has 156 valence electrons. The van der Waals surface area contributed by atoms with Gasteiger partial charge in [-0.2, -0.15) is 0 Å². The van der Waals surface area contributed by atoms with Crippen LogP contribution in [0.15, 0.2) is 66.7 Å². The lowest BCUT2D eigenvalue weighted by Crippen LogP contribution is -2.32. The van der Waals surface area contributed by atoms with Crippen molar-refractivity contribution in [2.45, 2.75) is 13.0 Å². The molecule has 3 aromatic carbocycles. The highest BCUT2D eigenvalue weighted by molar-refractivity contribution is 6.30. The van der Waals surface area contributed by atoms with Gasteiger partial charge in [0, 0.05) is 23.7 Å². The van der Waals surface area contributed by atoms with Crippen LogP contribution in [0, 0.1) is 5.82 Å². The van der Waals surface area contributed by atoms with Gasteiger partial charge in [-0.1, -0.05) is 35.9 Å². The molecule has 30 heavy (non-hydrogen) atoms. The Morgan fingerprint density at radius 2 is 1.63 bits per heavy atom. The SMILES string of the molecule is COc1ccc(CCN(Cc2ccc(Cl)cc2)C(=O)c2cccc(F)c2)cc1OC. The van der Waals surface area contributed by atoms with Crippen molar-refractivity contribution >= 4 is 17.5 Å². The predicted molar refractivity (Wildman–Crippen MR) is 116 cm³/mol. The normalized spacial score (nSPS) is 10.5. The molecule has 0 aromatic heterocycles. The van der Waals surface area contributed by atoms with E-state index >= 15 is 0 Å². The fraction of sp³-hybridized carbons (Fsp3) is 0.208. The molecule has 0 saturated carbocycles. The van der Waals surface area contributed by atoms with Crippen LogP contribution >= 0.6 is 11.6 Å². The maximum atomic E-state index is 13.7. The minimum Gasteiger partial charge on any atom is -0.493 e. The van der Waals surface area contributed by atoms with Crippen molar-refractivity contribution in [3.05, 3.63) is 94.3 Å². The molecule has 0 heterocycles. The highest BCUT2D eigenvalue weighted by atomic mass is 35.5. The number of nitrogens with zero attached hydrogens (tertiary/aromatic N) is 1. The topological polar surface area (TPSA) is 38.8 Å². The van der Waals surface area contributed by atoms with Gasteiger partial charge in [0.1, 0.15) is 5.82 Å². The van der Waals surface area contributed by atoms with E-state index in [4.69, 9.17) is 21.1 Å². The van der Waals surface area contributed by atoms with Gasteiger partial charge in [-0.25, -0.2) is 4.39 Å². The summed E-state index contributed by atoms with van der Waals surface area (Å²) in [5.74, 6) is 0.614. The molecule has 0 aliphatic heterocycles. The van der Waals surface area contributed by atoms with Gasteiger partial charge in [0.15, 0.2) is 11.5 Å². The van der Waals surface area contributed by atoms with Crippen LogP contribution in [0.25, 0.3) is 0 Å². The molecule has 0 fully saturated rings. The summed E-state index contributed by atoms with van der Waals surface area (Å²) in [7, 11) is 3.17. The van der Waals surface area contributed by atoms with E-state index in [0.29, 0.717) is 41.6 Å². The molecular formula is C24H23ClFNO3. The van der Waals surface area contributed by atoms with Crippen LogP contribution in [0.5, 0.6) is 11.5 Å². The lowest BCUT2D eigenvalue weighted by atomic mass is 10.1. The fourth-order valence-corrected chi connectivity index (χ4v) is 3.29. The highest BCUT2D eigenvalue weighted by Crippen LogP contribution is 2.28. The Labute approximate surface area is 180 Å². The molecule has 3 rings (SSSR count). The van der Waals surface area contributed by atoms with E-state index in [1.165, 1.54) is 18.2 Å². The summed E-state index contributed by atoms with van der Waals surface area (Å²) < 4.78 is 24.3. The molecule has 3 aromatic rings. The monoisotopic (exact) mass is 427 g/mol. The van der Waals surface area contributed by atoms with Crippen molar-refractivity contribution in [1.82, 2.24) is 4.90 Å². The summed E-state index contributed by atoms with van der Waals surface area (Å²) >= 11 is 5.97. The summed E-state index contributed by atoms with van der Waals surface area (Å²) in [4.78, 5) is 14.8. The van der Waals surface area contributed by atoms with Crippen molar-refractivity contribution in [3.63, 3.8) is 0 Å². The van der Waals surface area contributed by atoms with E-state index in [1.807, 2.05) is 30.3 Å². The molecule has 0 aliphatic carbocycles. The Kier molecular flexibility index (Phi) is 7.31. The number of amides is 1. The standard InChI is InChI=1S/C24H23ClFNO3/c1-29-22-11-8-17(14-23(22)30-2)12-13-27(16-18-6-9-20(25)10-7-18)24(28)19-4-3-5-21(26)15-19/h3-11,14-15H,12-13,16H2,1-2H3. The van der Waals surface area contributed by atoms with Crippen LogP contribution in [0.1, 0.15) is 21.5 Å². The van der Waals surface area contributed by atoms with Crippen molar-refractivity contribution in [2.75, 3.05) is 20.8 Å². The van der Waals surface area contributed by atoms with Crippen LogP contribution in [0.4, 0.5) is 4.39 Å². The van der Waals surface area contributed by atoms with Crippen molar-refractivity contribution in [2.24, 2.45) is 0 Å². The smallest absolute Gasteiger partial charge is 0.254 e. The zero-order valence-corrected chi connectivity index (χ0v) is 17.7. The van der Waals surface area contributed by atoms with Gasteiger partial charge in [0.25, 0.3) is 5.91 Å². The Hall–Kier alpha value is -3.05. The van der Waals surface area contributed by atoms with Crippen LogP contribution in [-0.2, 0) is 13.0 Å². The summed E-state index contributed by atoms with van der Waals surface area (Å²) in [6.45, 7) is 0.841. The third kappa shape index (κ3) is 5.51. The minimum atomic E-state index is -0.438. The Balaban J connectivity index is 1.81. The first-order chi connectivity index (χ1) is 14.5. The van der Waals surface area contributed by atoms with E-state index in [2.05, 4.69) is 0 Å². The van der Waals surface area contributed by atoms with E-state index in [9.17, 15) is 9.18 Å². The van der Waals surface area contributed by atoms with Crippen molar-refractivity contribution < 1.29 is 18.7 Å². The van der Waals surface area contributed by atoms with Gasteiger partial charge in [0.2, 0.25) is 0 Å². The van der Waals surface area contributed by atoms with Gasteiger partial charge in [-0.05, 0) is 60.0 Å². The number of hydrogen-bond acceptors (Lipinski definition) is 3. The maximum Gasteiger partial charge on any atom is 0.254 e. The molecule has 0 N–H and O–H groups in total. The number of hydrogen-bond donors (Lipinski definition) is 0. The van der Waals surface area contributed by atoms with E-state index < -0.39 is 5.82 Å². The van der Waals surface area contributed by atoms with Crippen LogP contribution in [-0.4, -0.2) is 31.6 Å². The summed E-state index contributed by atoms with van der Waals surface area (Å²) in [6, 6.07) is 18.7. The molecule has 0 saturated heterocycles. The third-order valence-electron chi connectivity index (χ3n) is 4.76. The summed E-state index contributed by atoms with van der Waals surface area (Å²) in [6.07, 6.45) is 0.606. The largest absolute Gasteiger partial charge is 0.493 e. The molecule has 0 unspecified atom stereocenters. The summed E-state index contributed by atoms with van der Waals surface area (Å²) in [5.41, 5.74) is 2.26. The molecule has 1 amide bonds. The zero-order valence-electron chi connectivity index (χ0n) is 16.9.